The largest absolute Gasteiger partial charge is 0.493 e. The summed E-state index contributed by atoms with van der Waals surface area (Å²) < 4.78 is 10.7. The number of carboxylic acid groups (broad SMARTS) is 1. The minimum atomic E-state index is -0.971. The Morgan fingerprint density at radius 1 is 1.41 bits per heavy atom. The Hall–Kier alpha value is -2.23. The molecule has 88 valence electrons. The number of carbonyl (C=O) groups is 1. The minimum absolute atomic E-state index is 0.208. The minimum Gasteiger partial charge on any atom is -0.493 e. The van der Waals surface area contributed by atoms with Crippen molar-refractivity contribution in [2.75, 3.05) is 6.61 Å². The highest BCUT2D eigenvalue weighted by molar-refractivity contribution is 5.90. The summed E-state index contributed by atoms with van der Waals surface area (Å²) in [4.78, 5) is 10.9. The van der Waals surface area contributed by atoms with Crippen molar-refractivity contribution in [2.24, 2.45) is 0 Å². The number of aromatic carboxylic acids is 1. The summed E-state index contributed by atoms with van der Waals surface area (Å²) in [5.41, 5.74) is 0.858. The van der Waals surface area contributed by atoms with Gasteiger partial charge in [0.05, 0.1) is 24.0 Å². The molecule has 4 nitrogen and oxygen atoms in total. The molecule has 0 atom stereocenters. The van der Waals surface area contributed by atoms with Crippen LogP contribution in [-0.4, -0.2) is 17.7 Å². The van der Waals surface area contributed by atoms with Crippen molar-refractivity contribution in [1.82, 2.24) is 0 Å². The van der Waals surface area contributed by atoms with Crippen LogP contribution in [-0.2, 0) is 0 Å². The summed E-state index contributed by atoms with van der Waals surface area (Å²) >= 11 is 0. The molecule has 17 heavy (non-hydrogen) atoms. The maximum atomic E-state index is 10.9. The van der Waals surface area contributed by atoms with Gasteiger partial charge in [0.15, 0.2) is 0 Å². The molecule has 1 heterocycles. The SMILES string of the molecule is CCOc1ccc(C(=O)O)cc1-c1ccco1. The molecule has 0 spiro atoms. The van der Waals surface area contributed by atoms with Gasteiger partial charge in [-0.25, -0.2) is 4.79 Å². The first kappa shape index (κ1) is 11.3. The highest BCUT2D eigenvalue weighted by Gasteiger charge is 2.12. The van der Waals surface area contributed by atoms with Gasteiger partial charge in [-0.3, -0.25) is 0 Å². The molecule has 0 saturated carbocycles. The summed E-state index contributed by atoms with van der Waals surface area (Å²) in [7, 11) is 0. The van der Waals surface area contributed by atoms with Crippen molar-refractivity contribution in [3.8, 4) is 17.1 Å². The third-order valence-corrected chi connectivity index (χ3v) is 2.31. The van der Waals surface area contributed by atoms with Crippen LogP contribution in [0, 0.1) is 0 Å². The maximum absolute atomic E-state index is 10.9. The standard InChI is InChI=1S/C13H12O4/c1-2-16-12-6-5-9(13(14)15)8-10(12)11-4-3-7-17-11/h3-8H,2H2,1H3,(H,14,15). The number of hydrogen-bond donors (Lipinski definition) is 1. The van der Waals surface area contributed by atoms with E-state index in [9.17, 15) is 4.79 Å². The van der Waals surface area contributed by atoms with E-state index in [2.05, 4.69) is 0 Å². The zero-order chi connectivity index (χ0) is 12.3. The first-order valence-electron chi connectivity index (χ1n) is 5.26. The van der Waals surface area contributed by atoms with Crippen molar-refractivity contribution < 1.29 is 19.1 Å². The van der Waals surface area contributed by atoms with Gasteiger partial charge in [0.1, 0.15) is 11.5 Å². The third kappa shape index (κ3) is 2.30. The Morgan fingerprint density at radius 3 is 2.82 bits per heavy atom. The fourth-order valence-electron chi connectivity index (χ4n) is 1.57. The Labute approximate surface area is 98.4 Å². The van der Waals surface area contributed by atoms with Gasteiger partial charge in [-0.05, 0) is 37.3 Å². The monoisotopic (exact) mass is 232 g/mol. The predicted molar refractivity (Wildman–Crippen MR) is 62.3 cm³/mol. The molecule has 0 aliphatic rings. The average molecular weight is 232 g/mol. The van der Waals surface area contributed by atoms with Crippen LogP contribution in [0.15, 0.2) is 41.0 Å². The van der Waals surface area contributed by atoms with Gasteiger partial charge in [-0.15, -0.1) is 0 Å². The Bertz CT molecular complexity index is 514. The Morgan fingerprint density at radius 2 is 2.24 bits per heavy atom. The summed E-state index contributed by atoms with van der Waals surface area (Å²) in [6.07, 6.45) is 1.54. The lowest BCUT2D eigenvalue weighted by Crippen LogP contribution is -1.99. The second kappa shape index (κ2) is 4.74. The fourth-order valence-corrected chi connectivity index (χ4v) is 1.57. The molecule has 0 unspecified atom stereocenters. The normalized spacial score (nSPS) is 10.2. The van der Waals surface area contributed by atoms with Gasteiger partial charge in [-0.1, -0.05) is 0 Å². The summed E-state index contributed by atoms with van der Waals surface area (Å²) in [6, 6.07) is 8.22. The first-order valence-corrected chi connectivity index (χ1v) is 5.26. The molecule has 0 bridgehead atoms. The summed E-state index contributed by atoms with van der Waals surface area (Å²) in [5, 5.41) is 8.96. The molecule has 0 aliphatic carbocycles. The van der Waals surface area contributed by atoms with Crippen LogP contribution in [0.25, 0.3) is 11.3 Å². The van der Waals surface area contributed by atoms with Crippen LogP contribution in [0.4, 0.5) is 0 Å². The fraction of sp³-hybridized carbons (Fsp3) is 0.154. The van der Waals surface area contributed by atoms with Crippen molar-refractivity contribution in [1.29, 1.82) is 0 Å². The molecule has 0 fully saturated rings. The molecule has 0 aliphatic heterocycles. The van der Waals surface area contributed by atoms with Crippen LogP contribution >= 0.6 is 0 Å². The number of rotatable bonds is 4. The second-order valence-electron chi connectivity index (χ2n) is 3.43. The first-order chi connectivity index (χ1) is 8.22. The number of carboxylic acids is 1. The molecule has 2 aromatic rings. The smallest absolute Gasteiger partial charge is 0.335 e. The highest BCUT2D eigenvalue weighted by Crippen LogP contribution is 2.31. The molecule has 1 N–H and O–H groups in total. The van der Waals surface area contributed by atoms with Crippen molar-refractivity contribution in [3.63, 3.8) is 0 Å². The number of ether oxygens (including phenoxy) is 1. The molecule has 4 heteroatoms. The lowest BCUT2D eigenvalue weighted by Gasteiger charge is -2.09. The van der Waals surface area contributed by atoms with Crippen LogP contribution in [0.3, 0.4) is 0 Å². The van der Waals surface area contributed by atoms with E-state index in [1.807, 2.05) is 6.92 Å². The van der Waals surface area contributed by atoms with Crippen LogP contribution in [0.5, 0.6) is 5.75 Å². The second-order valence-corrected chi connectivity index (χ2v) is 3.43. The molecule has 2 rings (SSSR count). The third-order valence-electron chi connectivity index (χ3n) is 2.31. The summed E-state index contributed by atoms with van der Waals surface area (Å²) in [6.45, 7) is 2.39. The molecular formula is C13H12O4. The number of benzene rings is 1. The maximum Gasteiger partial charge on any atom is 0.335 e. The van der Waals surface area contributed by atoms with Gasteiger partial charge in [-0.2, -0.15) is 0 Å². The van der Waals surface area contributed by atoms with Crippen LogP contribution < -0.4 is 4.74 Å². The molecule has 1 aromatic heterocycles. The van der Waals surface area contributed by atoms with Crippen molar-refractivity contribution >= 4 is 5.97 Å². The topological polar surface area (TPSA) is 59.7 Å². The van der Waals surface area contributed by atoms with E-state index in [0.717, 1.165) is 0 Å². The van der Waals surface area contributed by atoms with Crippen molar-refractivity contribution in [2.45, 2.75) is 6.92 Å². The molecule has 0 saturated heterocycles. The van der Waals surface area contributed by atoms with Gasteiger partial charge in [0, 0.05) is 0 Å². The van der Waals surface area contributed by atoms with Gasteiger partial charge < -0.3 is 14.3 Å². The van der Waals surface area contributed by atoms with E-state index in [-0.39, 0.29) is 5.56 Å². The Kier molecular flexibility index (Phi) is 3.14. The van der Waals surface area contributed by atoms with E-state index < -0.39 is 5.97 Å². The molecule has 1 aromatic carbocycles. The van der Waals surface area contributed by atoms with Gasteiger partial charge >= 0.3 is 5.97 Å². The van der Waals surface area contributed by atoms with Crippen LogP contribution in [0.1, 0.15) is 17.3 Å². The van der Waals surface area contributed by atoms with E-state index in [1.54, 1.807) is 30.5 Å². The zero-order valence-electron chi connectivity index (χ0n) is 9.34. The highest BCUT2D eigenvalue weighted by atomic mass is 16.5. The molecule has 0 amide bonds. The van der Waals surface area contributed by atoms with E-state index in [4.69, 9.17) is 14.3 Å². The lowest BCUT2D eigenvalue weighted by atomic mass is 10.1. The van der Waals surface area contributed by atoms with Gasteiger partial charge in [0.25, 0.3) is 0 Å². The number of hydrogen-bond acceptors (Lipinski definition) is 3. The van der Waals surface area contributed by atoms with Gasteiger partial charge in [0.2, 0.25) is 0 Å². The average Bonchev–Trinajstić information content (AvgIpc) is 2.83. The Balaban J connectivity index is 2.51. The molecule has 0 radical (unpaired) electrons. The zero-order valence-corrected chi connectivity index (χ0v) is 9.34. The van der Waals surface area contributed by atoms with E-state index >= 15 is 0 Å². The lowest BCUT2D eigenvalue weighted by molar-refractivity contribution is 0.0697. The quantitative estimate of drug-likeness (QED) is 0.880. The summed E-state index contributed by atoms with van der Waals surface area (Å²) in [5.74, 6) is 0.241. The van der Waals surface area contributed by atoms with Crippen LogP contribution in [0.2, 0.25) is 0 Å². The van der Waals surface area contributed by atoms with E-state index in [1.165, 1.54) is 6.07 Å². The molecular weight excluding hydrogens is 220 g/mol. The number of furan rings is 1. The van der Waals surface area contributed by atoms with Crippen molar-refractivity contribution in [3.05, 3.63) is 42.2 Å². The predicted octanol–water partition coefficient (Wildman–Crippen LogP) is 3.04. The van der Waals surface area contributed by atoms with E-state index in [0.29, 0.717) is 23.7 Å².